The first-order valence-electron chi connectivity index (χ1n) is 6.59. The van der Waals surface area contributed by atoms with E-state index in [9.17, 15) is 18.4 Å². The monoisotopic (exact) mass is 319 g/mol. The van der Waals surface area contributed by atoms with Gasteiger partial charge in [-0.3, -0.25) is 14.2 Å². The Kier molecular flexibility index (Phi) is 3.61. The molecule has 118 valence electrons. The lowest BCUT2D eigenvalue weighted by Gasteiger charge is -2.09. The summed E-state index contributed by atoms with van der Waals surface area (Å²) >= 11 is 0. The molecule has 1 amide bonds. The van der Waals surface area contributed by atoms with E-state index in [2.05, 4.69) is 10.1 Å². The van der Waals surface area contributed by atoms with Crippen LogP contribution in [-0.2, 0) is 6.54 Å². The highest BCUT2D eigenvalue weighted by Crippen LogP contribution is 2.23. The van der Waals surface area contributed by atoms with E-state index in [0.29, 0.717) is 5.52 Å². The summed E-state index contributed by atoms with van der Waals surface area (Å²) in [6.07, 6.45) is 0. The number of fused-ring (bicyclic) bond motifs is 1. The summed E-state index contributed by atoms with van der Waals surface area (Å²) in [6.45, 7) is -3.13. The Balaban J connectivity index is 2.12. The van der Waals surface area contributed by atoms with E-state index in [1.54, 1.807) is 18.2 Å². The smallest absolute Gasteiger partial charge is 0.320 e. The molecule has 0 saturated heterocycles. The van der Waals surface area contributed by atoms with Gasteiger partial charge in [0.15, 0.2) is 0 Å². The largest absolute Gasteiger partial charge is 0.364 e. The van der Waals surface area contributed by atoms with Gasteiger partial charge >= 0.3 is 6.55 Å². The molecule has 0 atom stereocenters. The quantitative estimate of drug-likeness (QED) is 0.780. The van der Waals surface area contributed by atoms with E-state index in [1.807, 2.05) is 0 Å². The van der Waals surface area contributed by atoms with Gasteiger partial charge in [-0.2, -0.15) is 13.9 Å². The second kappa shape index (κ2) is 5.59. The maximum atomic E-state index is 13.3. The minimum atomic E-state index is -2.83. The predicted octanol–water partition coefficient (Wildman–Crippen LogP) is 1.14. The minimum Gasteiger partial charge on any atom is -0.364 e. The molecular weight excluding hydrogens is 308 g/mol. The topological polar surface area (TPSA) is 95.8 Å². The summed E-state index contributed by atoms with van der Waals surface area (Å²) in [4.78, 5) is 27.1. The third-order valence-corrected chi connectivity index (χ3v) is 3.27. The number of hydrogen-bond acceptors (Lipinski definition) is 4. The van der Waals surface area contributed by atoms with Gasteiger partial charge in [0.1, 0.15) is 18.1 Å². The molecule has 0 radical (unpaired) electrons. The molecule has 0 spiro atoms. The zero-order valence-corrected chi connectivity index (χ0v) is 11.7. The van der Waals surface area contributed by atoms with Crippen LogP contribution in [0.4, 0.5) is 8.78 Å². The molecule has 0 aliphatic rings. The lowest BCUT2D eigenvalue weighted by Crippen LogP contribution is -2.27. The van der Waals surface area contributed by atoms with Crippen molar-refractivity contribution < 1.29 is 13.6 Å². The van der Waals surface area contributed by atoms with Crippen LogP contribution >= 0.6 is 0 Å². The molecule has 1 aromatic carbocycles. The maximum Gasteiger partial charge on any atom is 0.320 e. The lowest BCUT2D eigenvalue weighted by atomic mass is 10.3. The van der Waals surface area contributed by atoms with Gasteiger partial charge in [0, 0.05) is 6.07 Å². The number of nitrogens with zero attached hydrogens (tertiary/aromatic N) is 4. The van der Waals surface area contributed by atoms with Crippen molar-refractivity contribution in [2.75, 3.05) is 0 Å². The molecule has 0 fully saturated rings. The Bertz CT molecular complexity index is 948. The fourth-order valence-electron chi connectivity index (χ4n) is 2.25. The van der Waals surface area contributed by atoms with Crippen LogP contribution in [0.15, 0.2) is 41.2 Å². The van der Waals surface area contributed by atoms with Crippen LogP contribution in [0, 0.1) is 0 Å². The first-order chi connectivity index (χ1) is 11.0. The van der Waals surface area contributed by atoms with Crippen LogP contribution in [0.25, 0.3) is 11.0 Å². The summed E-state index contributed by atoms with van der Waals surface area (Å²) in [7, 11) is 0. The van der Waals surface area contributed by atoms with Gasteiger partial charge in [-0.25, -0.2) is 9.67 Å². The second-order valence-corrected chi connectivity index (χ2v) is 4.74. The van der Waals surface area contributed by atoms with Crippen LogP contribution in [-0.4, -0.2) is 25.2 Å². The summed E-state index contributed by atoms with van der Waals surface area (Å²) < 4.78 is 28.3. The molecule has 0 bridgehead atoms. The van der Waals surface area contributed by atoms with Gasteiger partial charge in [0.25, 0.3) is 11.5 Å². The Morgan fingerprint density at radius 3 is 2.65 bits per heavy atom. The number of hydrogen-bond donors (Lipinski definition) is 1. The van der Waals surface area contributed by atoms with Gasteiger partial charge in [-0.15, -0.1) is 0 Å². The van der Waals surface area contributed by atoms with E-state index in [0.717, 1.165) is 15.3 Å². The molecule has 3 aromatic rings. The van der Waals surface area contributed by atoms with E-state index >= 15 is 0 Å². The molecule has 9 heteroatoms. The number of para-hydroxylation sites is 2. The first-order valence-corrected chi connectivity index (χ1v) is 6.59. The fourth-order valence-corrected chi connectivity index (χ4v) is 2.25. The van der Waals surface area contributed by atoms with Gasteiger partial charge in [-0.05, 0) is 18.2 Å². The Morgan fingerprint density at radius 1 is 1.22 bits per heavy atom. The van der Waals surface area contributed by atoms with Crippen molar-refractivity contribution in [3.05, 3.63) is 58.3 Å². The molecule has 0 saturated carbocycles. The highest BCUT2D eigenvalue weighted by Gasteiger charge is 2.18. The fraction of sp³-hybridized carbons (Fsp3) is 0.143. The van der Waals surface area contributed by atoms with Gasteiger partial charge in [0.2, 0.25) is 0 Å². The molecule has 0 unspecified atom stereocenters. The molecular formula is C14H11F2N5O2. The van der Waals surface area contributed by atoms with Crippen molar-refractivity contribution in [2.24, 2.45) is 5.73 Å². The lowest BCUT2D eigenvalue weighted by molar-refractivity contribution is 0.0709. The second-order valence-electron chi connectivity index (χ2n) is 4.74. The number of amides is 1. The van der Waals surface area contributed by atoms with Crippen molar-refractivity contribution in [2.45, 2.75) is 13.1 Å². The van der Waals surface area contributed by atoms with Crippen LogP contribution in [0.1, 0.15) is 22.9 Å². The van der Waals surface area contributed by atoms with Crippen molar-refractivity contribution in [1.29, 1.82) is 0 Å². The van der Waals surface area contributed by atoms with E-state index in [1.165, 1.54) is 12.1 Å². The Labute approximate surface area is 128 Å². The van der Waals surface area contributed by atoms with Crippen molar-refractivity contribution in [1.82, 2.24) is 19.3 Å². The zero-order chi connectivity index (χ0) is 16.6. The number of halogens is 2. The predicted molar refractivity (Wildman–Crippen MR) is 77.1 cm³/mol. The number of carbonyl (C=O) groups is 1. The molecule has 2 N–H and O–H groups in total. The summed E-state index contributed by atoms with van der Waals surface area (Å²) in [5.41, 5.74) is 5.04. The van der Waals surface area contributed by atoms with E-state index in [4.69, 9.17) is 5.73 Å². The van der Waals surface area contributed by atoms with Crippen LogP contribution < -0.4 is 11.3 Å². The molecule has 7 nitrogen and oxygen atoms in total. The summed E-state index contributed by atoms with van der Waals surface area (Å²) in [5, 5.41) is 3.77. The number of primary amides is 1. The van der Waals surface area contributed by atoms with E-state index < -0.39 is 18.0 Å². The van der Waals surface area contributed by atoms with Crippen molar-refractivity contribution in [3.63, 3.8) is 0 Å². The van der Waals surface area contributed by atoms with Gasteiger partial charge in [-0.1, -0.05) is 12.1 Å². The number of carbonyl (C=O) groups excluding carboxylic acids is 1. The average molecular weight is 319 g/mol. The maximum absolute atomic E-state index is 13.3. The molecule has 3 rings (SSSR count). The van der Waals surface area contributed by atoms with Crippen LogP contribution in [0.5, 0.6) is 0 Å². The third-order valence-electron chi connectivity index (χ3n) is 3.27. The third kappa shape index (κ3) is 2.68. The Hall–Kier alpha value is -3.10. The normalized spacial score (nSPS) is 11.3. The van der Waals surface area contributed by atoms with Gasteiger partial charge in [0.05, 0.1) is 11.0 Å². The van der Waals surface area contributed by atoms with Crippen LogP contribution in [0.2, 0.25) is 0 Å². The summed E-state index contributed by atoms with van der Waals surface area (Å²) in [5.74, 6) is -0.862. The molecule has 23 heavy (non-hydrogen) atoms. The molecule has 0 aliphatic heterocycles. The first kappa shape index (κ1) is 14.8. The highest BCUT2D eigenvalue weighted by atomic mass is 19.3. The van der Waals surface area contributed by atoms with E-state index in [-0.39, 0.29) is 23.6 Å². The summed E-state index contributed by atoms with van der Waals surface area (Å²) in [6, 6.07) is 8.67. The number of alkyl halides is 2. The number of rotatable bonds is 4. The average Bonchev–Trinajstić information content (AvgIpc) is 2.87. The molecule has 2 aromatic heterocycles. The number of aromatic nitrogens is 4. The number of nitrogens with two attached hydrogens (primary N) is 1. The molecule has 0 aliphatic carbocycles. The van der Waals surface area contributed by atoms with Crippen molar-refractivity contribution in [3.8, 4) is 0 Å². The number of benzene rings is 1. The SMILES string of the molecule is NC(=O)c1ccc(=O)n(Cc2nc3ccccc3n2C(F)F)n1. The van der Waals surface area contributed by atoms with Crippen LogP contribution in [0.3, 0.4) is 0 Å². The van der Waals surface area contributed by atoms with Crippen molar-refractivity contribution >= 4 is 16.9 Å². The highest BCUT2D eigenvalue weighted by molar-refractivity contribution is 5.90. The van der Waals surface area contributed by atoms with Gasteiger partial charge < -0.3 is 5.73 Å². The standard InChI is InChI=1S/C14H11F2N5O2/c15-14(16)21-10-4-2-1-3-8(10)18-11(21)7-20-12(22)6-5-9(19-20)13(17)23/h1-6,14H,7H2,(H2,17,23). The molecule has 2 heterocycles. The Morgan fingerprint density at radius 2 is 1.96 bits per heavy atom. The number of imidazole rings is 1. The minimum absolute atomic E-state index is 0.0441. The zero-order valence-electron chi connectivity index (χ0n) is 11.7.